The van der Waals surface area contributed by atoms with Gasteiger partial charge in [-0.25, -0.2) is 4.39 Å². The zero-order chi connectivity index (χ0) is 10.0. The minimum Gasteiger partial charge on any atom is -0.507 e. The molecule has 0 fully saturated rings. The van der Waals surface area contributed by atoms with Gasteiger partial charge in [0, 0.05) is 11.6 Å². The van der Waals surface area contributed by atoms with E-state index in [1.54, 1.807) is 0 Å². The van der Waals surface area contributed by atoms with E-state index in [1.165, 1.54) is 13.0 Å². The molecule has 3 nitrogen and oxygen atoms in total. The van der Waals surface area contributed by atoms with Gasteiger partial charge in [-0.15, -0.1) is 0 Å². The Morgan fingerprint density at radius 1 is 1.54 bits per heavy atom. The summed E-state index contributed by atoms with van der Waals surface area (Å²) in [5.74, 6) is -0.817. The number of rotatable bonds is 1. The average Bonchev–Trinajstić information content (AvgIpc) is 2.10. The number of nitrogens with zero attached hydrogens (tertiary/aromatic N) is 1. The van der Waals surface area contributed by atoms with Crippen LogP contribution in [0.1, 0.15) is 12.5 Å². The van der Waals surface area contributed by atoms with E-state index in [-0.39, 0.29) is 21.5 Å². The Bertz CT molecular complexity index is 365. The predicted octanol–water partition coefficient (Wildman–Crippen LogP) is 2.49. The molecule has 0 spiro atoms. The predicted molar refractivity (Wildman–Crippen MR) is 49.8 cm³/mol. The number of halogens is 2. The third-order valence-electron chi connectivity index (χ3n) is 1.58. The SMILES string of the molecule is CC(=NO)c1cc(Br)c(F)cc1O. The fourth-order valence-electron chi connectivity index (χ4n) is 0.880. The molecular weight excluding hydrogens is 241 g/mol. The molecule has 0 radical (unpaired) electrons. The number of hydrogen-bond acceptors (Lipinski definition) is 3. The van der Waals surface area contributed by atoms with Gasteiger partial charge in [0.2, 0.25) is 0 Å². The van der Waals surface area contributed by atoms with Crippen LogP contribution in [0.15, 0.2) is 21.8 Å². The number of hydrogen-bond donors (Lipinski definition) is 2. The largest absolute Gasteiger partial charge is 0.507 e. The molecule has 1 aromatic carbocycles. The number of oxime groups is 1. The highest BCUT2D eigenvalue weighted by Gasteiger charge is 2.09. The first-order valence-corrected chi connectivity index (χ1v) is 4.22. The van der Waals surface area contributed by atoms with E-state index < -0.39 is 5.82 Å². The third-order valence-corrected chi connectivity index (χ3v) is 2.19. The smallest absolute Gasteiger partial charge is 0.141 e. The summed E-state index contributed by atoms with van der Waals surface area (Å²) in [6.45, 7) is 1.50. The van der Waals surface area contributed by atoms with Crippen LogP contribution < -0.4 is 0 Å². The molecule has 0 aliphatic carbocycles. The minimum absolute atomic E-state index is 0.211. The van der Waals surface area contributed by atoms with Crippen molar-refractivity contribution in [1.29, 1.82) is 0 Å². The molecule has 0 saturated heterocycles. The van der Waals surface area contributed by atoms with Gasteiger partial charge in [-0.3, -0.25) is 0 Å². The molecule has 0 aromatic heterocycles. The molecular formula is C8H7BrFNO2. The highest BCUT2D eigenvalue weighted by molar-refractivity contribution is 9.10. The Morgan fingerprint density at radius 2 is 2.15 bits per heavy atom. The Morgan fingerprint density at radius 3 is 2.69 bits per heavy atom. The first kappa shape index (κ1) is 9.98. The van der Waals surface area contributed by atoms with Crippen molar-refractivity contribution in [1.82, 2.24) is 0 Å². The summed E-state index contributed by atoms with van der Waals surface area (Å²) >= 11 is 2.95. The van der Waals surface area contributed by atoms with Crippen molar-refractivity contribution in [2.75, 3.05) is 0 Å². The van der Waals surface area contributed by atoms with Crippen molar-refractivity contribution in [2.24, 2.45) is 5.16 Å². The summed E-state index contributed by atoms with van der Waals surface area (Å²) in [5.41, 5.74) is 0.508. The lowest BCUT2D eigenvalue weighted by molar-refractivity contribution is 0.318. The van der Waals surface area contributed by atoms with E-state index in [2.05, 4.69) is 21.1 Å². The van der Waals surface area contributed by atoms with Crippen LogP contribution in [0.5, 0.6) is 5.75 Å². The fraction of sp³-hybridized carbons (Fsp3) is 0.125. The van der Waals surface area contributed by atoms with Gasteiger partial charge in [0.15, 0.2) is 0 Å². The lowest BCUT2D eigenvalue weighted by Gasteiger charge is -2.03. The van der Waals surface area contributed by atoms with Gasteiger partial charge in [-0.05, 0) is 28.9 Å². The molecule has 0 aliphatic rings. The molecule has 1 rings (SSSR count). The van der Waals surface area contributed by atoms with Gasteiger partial charge in [0.05, 0.1) is 10.2 Å². The highest BCUT2D eigenvalue weighted by atomic mass is 79.9. The lowest BCUT2D eigenvalue weighted by atomic mass is 10.1. The second-order valence-corrected chi connectivity index (χ2v) is 3.32. The van der Waals surface area contributed by atoms with E-state index in [1.807, 2.05) is 0 Å². The standard InChI is InChI=1S/C8H7BrFNO2/c1-4(11-13)5-2-6(9)7(10)3-8(5)12/h2-3,12-13H,1H3. The summed E-state index contributed by atoms with van der Waals surface area (Å²) in [7, 11) is 0. The van der Waals surface area contributed by atoms with Crippen LogP contribution in [0.2, 0.25) is 0 Å². The first-order valence-electron chi connectivity index (χ1n) is 3.43. The molecule has 5 heteroatoms. The van der Waals surface area contributed by atoms with Gasteiger partial charge >= 0.3 is 0 Å². The van der Waals surface area contributed by atoms with Crippen LogP contribution in [0, 0.1) is 5.82 Å². The molecule has 0 bridgehead atoms. The van der Waals surface area contributed by atoms with E-state index in [0.717, 1.165) is 6.07 Å². The topological polar surface area (TPSA) is 52.8 Å². The van der Waals surface area contributed by atoms with Crippen molar-refractivity contribution in [3.8, 4) is 5.75 Å². The van der Waals surface area contributed by atoms with Crippen molar-refractivity contribution >= 4 is 21.6 Å². The highest BCUT2D eigenvalue weighted by Crippen LogP contribution is 2.25. The van der Waals surface area contributed by atoms with Crippen LogP contribution in [-0.2, 0) is 0 Å². The average molecular weight is 248 g/mol. The summed E-state index contributed by atoms with van der Waals surface area (Å²) in [4.78, 5) is 0. The van der Waals surface area contributed by atoms with Crippen molar-refractivity contribution in [2.45, 2.75) is 6.92 Å². The zero-order valence-corrected chi connectivity index (χ0v) is 8.34. The summed E-state index contributed by atoms with van der Waals surface area (Å²) in [5, 5.41) is 20.6. The van der Waals surface area contributed by atoms with Gasteiger partial charge < -0.3 is 10.3 Å². The maximum atomic E-state index is 12.8. The van der Waals surface area contributed by atoms with E-state index in [4.69, 9.17) is 5.21 Å². The molecule has 70 valence electrons. The van der Waals surface area contributed by atoms with Gasteiger partial charge in [0.1, 0.15) is 11.6 Å². The molecule has 0 heterocycles. The van der Waals surface area contributed by atoms with Gasteiger partial charge in [0.25, 0.3) is 0 Å². The molecule has 1 aromatic rings. The molecule has 13 heavy (non-hydrogen) atoms. The molecule has 0 amide bonds. The van der Waals surface area contributed by atoms with Crippen molar-refractivity contribution in [3.05, 3.63) is 28.0 Å². The summed E-state index contributed by atoms with van der Waals surface area (Å²) in [6, 6.07) is 2.30. The maximum Gasteiger partial charge on any atom is 0.141 e. The van der Waals surface area contributed by atoms with Gasteiger partial charge in [-0.2, -0.15) is 0 Å². The number of phenols is 1. The summed E-state index contributed by atoms with van der Waals surface area (Å²) < 4.78 is 13.0. The van der Waals surface area contributed by atoms with E-state index in [0.29, 0.717) is 0 Å². The van der Waals surface area contributed by atoms with Crippen LogP contribution >= 0.6 is 15.9 Å². The zero-order valence-electron chi connectivity index (χ0n) is 6.75. The second-order valence-electron chi connectivity index (χ2n) is 2.47. The second kappa shape index (κ2) is 3.74. The molecule has 0 aliphatic heterocycles. The Kier molecular flexibility index (Phi) is 2.87. The van der Waals surface area contributed by atoms with Crippen LogP contribution in [0.4, 0.5) is 4.39 Å². The maximum absolute atomic E-state index is 12.8. The van der Waals surface area contributed by atoms with Crippen molar-refractivity contribution in [3.63, 3.8) is 0 Å². The monoisotopic (exact) mass is 247 g/mol. The van der Waals surface area contributed by atoms with Gasteiger partial charge in [-0.1, -0.05) is 5.16 Å². The van der Waals surface area contributed by atoms with Crippen LogP contribution in [0.25, 0.3) is 0 Å². The van der Waals surface area contributed by atoms with E-state index in [9.17, 15) is 9.50 Å². The lowest BCUT2D eigenvalue weighted by Crippen LogP contribution is -1.96. The van der Waals surface area contributed by atoms with Crippen LogP contribution in [0.3, 0.4) is 0 Å². The molecule has 2 N–H and O–H groups in total. The molecule has 0 saturated carbocycles. The Labute approximate surface area is 82.6 Å². The normalized spacial score (nSPS) is 11.8. The number of benzene rings is 1. The van der Waals surface area contributed by atoms with Crippen molar-refractivity contribution < 1.29 is 14.7 Å². The Balaban J connectivity index is 3.32. The van der Waals surface area contributed by atoms with Crippen LogP contribution in [-0.4, -0.2) is 16.0 Å². The summed E-state index contributed by atoms with van der Waals surface area (Å²) in [6.07, 6.45) is 0. The van der Waals surface area contributed by atoms with E-state index >= 15 is 0 Å². The Hall–Kier alpha value is -1.10. The minimum atomic E-state index is -0.563. The fourth-order valence-corrected chi connectivity index (χ4v) is 1.22. The third kappa shape index (κ3) is 1.98. The molecule has 0 atom stereocenters. The first-order chi connectivity index (χ1) is 6.06. The molecule has 0 unspecified atom stereocenters. The number of phenolic OH excluding ortho intramolecular Hbond substituents is 1. The number of aromatic hydroxyl groups is 1. The quantitative estimate of drug-likeness (QED) is 0.455.